The summed E-state index contributed by atoms with van der Waals surface area (Å²) in [7, 11) is 0. The van der Waals surface area contributed by atoms with Crippen LogP contribution in [0.4, 0.5) is 4.79 Å². The van der Waals surface area contributed by atoms with E-state index in [4.69, 9.17) is 18.9 Å². The molecule has 1 amide bonds. The molecule has 8 nitrogen and oxygen atoms in total. The Hall–Kier alpha value is -3.04. The molecule has 2 heterocycles. The monoisotopic (exact) mass is 471 g/mol. The van der Waals surface area contributed by atoms with Crippen molar-refractivity contribution < 1.29 is 33.3 Å². The van der Waals surface area contributed by atoms with Crippen molar-refractivity contribution in [3.05, 3.63) is 66.2 Å². The number of amides is 1. The molecule has 2 saturated heterocycles. The molecule has 5 atom stereocenters. The highest BCUT2D eigenvalue weighted by Gasteiger charge is 2.58. The third-order valence-corrected chi connectivity index (χ3v) is 6.56. The molecule has 0 radical (unpaired) electrons. The van der Waals surface area contributed by atoms with Gasteiger partial charge >= 0.3 is 18.0 Å². The van der Waals surface area contributed by atoms with E-state index in [1.165, 1.54) is 25.6 Å². The average Bonchev–Trinajstić information content (AvgIpc) is 3.11. The molecule has 0 bridgehead atoms. The first-order valence-electron chi connectivity index (χ1n) is 10.6. The minimum Gasteiger partial charge on any atom is -0.463 e. The fourth-order valence-electron chi connectivity index (χ4n) is 4.01. The van der Waals surface area contributed by atoms with E-state index in [0.717, 1.165) is 10.5 Å². The van der Waals surface area contributed by atoms with Crippen LogP contribution >= 0.6 is 11.8 Å². The van der Waals surface area contributed by atoms with Crippen LogP contribution in [0.5, 0.6) is 0 Å². The van der Waals surface area contributed by atoms with Gasteiger partial charge in [0.15, 0.2) is 12.2 Å². The molecule has 4 rings (SSSR count). The van der Waals surface area contributed by atoms with Crippen LogP contribution in [0.2, 0.25) is 0 Å². The van der Waals surface area contributed by atoms with Gasteiger partial charge in [0.05, 0.1) is 0 Å². The highest BCUT2D eigenvalue weighted by atomic mass is 32.2. The van der Waals surface area contributed by atoms with Gasteiger partial charge in [-0.05, 0) is 17.7 Å². The van der Waals surface area contributed by atoms with Gasteiger partial charge < -0.3 is 18.9 Å². The summed E-state index contributed by atoms with van der Waals surface area (Å²) in [5.41, 5.74) is 0.393. The number of benzene rings is 2. The molecule has 2 aromatic carbocycles. The van der Waals surface area contributed by atoms with Crippen molar-refractivity contribution in [2.24, 2.45) is 0 Å². The number of hydrogen-bond donors (Lipinski definition) is 0. The third-order valence-electron chi connectivity index (χ3n) is 5.39. The number of nitrogens with zero attached hydrogens (tertiary/aromatic N) is 1. The van der Waals surface area contributed by atoms with Crippen LogP contribution in [0.25, 0.3) is 0 Å². The molecular formula is C24H25NO7S. The van der Waals surface area contributed by atoms with Gasteiger partial charge in [-0.25, -0.2) is 4.79 Å². The lowest BCUT2D eigenvalue weighted by Crippen LogP contribution is -2.60. The summed E-state index contributed by atoms with van der Waals surface area (Å²) >= 11 is 1.44. The molecule has 0 saturated carbocycles. The zero-order valence-electron chi connectivity index (χ0n) is 18.3. The second-order valence-corrected chi connectivity index (χ2v) is 8.97. The predicted molar refractivity (Wildman–Crippen MR) is 119 cm³/mol. The van der Waals surface area contributed by atoms with E-state index in [2.05, 4.69) is 0 Å². The van der Waals surface area contributed by atoms with Crippen molar-refractivity contribution in [1.82, 2.24) is 4.90 Å². The summed E-state index contributed by atoms with van der Waals surface area (Å²) < 4.78 is 22.8. The normalized spacial score (nSPS) is 26.3. The Bertz CT molecular complexity index is 987. The van der Waals surface area contributed by atoms with Gasteiger partial charge in [-0.1, -0.05) is 60.3 Å². The van der Waals surface area contributed by atoms with Crippen molar-refractivity contribution in [2.45, 2.75) is 55.1 Å². The van der Waals surface area contributed by atoms with Gasteiger partial charge in [0.25, 0.3) is 0 Å². The molecule has 174 valence electrons. The van der Waals surface area contributed by atoms with E-state index in [0.29, 0.717) is 6.54 Å². The molecular weight excluding hydrogens is 446 g/mol. The smallest absolute Gasteiger partial charge is 0.411 e. The van der Waals surface area contributed by atoms with Gasteiger partial charge in [-0.3, -0.25) is 14.5 Å². The van der Waals surface area contributed by atoms with Crippen LogP contribution in [0.15, 0.2) is 65.6 Å². The first-order chi connectivity index (χ1) is 15.9. The van der Waals surface area contributed by atoms with Gasteiger partial charge in [-0.15, -0.1) is 0 Å². The largest absolute Gasteiger partial charge is 0.463 e. The maximum atomic E-state index is 13.0. The summed E-state index contributed by atoms with van der Waals surface area (Å²) in [4.78, 5) is 38.8. The predicted octanol–water partition coefficient (Wildman–Crippen LogP) is 3.39. The van der Waals surface area contributed by atoms with E-state index < -0.39 is 47.8 Å². The summed E-state index contributed by atoms with van der Waals surface area (Å²) in [5.74, 6) is -1.02. The fourth-order valence-corrected chi connectivity index (χ4v) is 5.23. The van der Waals surface area contributed by atoms with E-state index in [9.17, 15) is 14.4 Å². The minimum absolute atomic E-state index is 0.126. The Morgan fingerprint density at radius 1 is 1.00 bits per heavy atom. The summed E-state index contributed by atoms with van der Waals surface area (Å²) in [6, 6.07) is 18.7. The molecule has 2 aliphatic rings. The molecule has 2 aromatic rings. The minimum atomic E-state index is -0.913. The number of carbonyl (C=O) groups excluding carboxylic acids is 3. The Morgan fingerprint density at radius 2 is 1.67 bits per heavy atom. The van der Waals surface area contributed by atoms with E-state index in [1.807, 2.05) is 60.7 Å². The van der Waals surface area contributed by atoms with Crippen LogP contribution in [0, 0.1) is 0 Å². The number of rotatable bonds is 7. The number of fused-ring (bicyclic) bond motifs is 1. The molecule has 2 fully saturated rings. The van der Waals surface area contributed by atoms with Gasteiger partial charge in [0.2, 0.25) is 0 Å². The van der Waals surface area contributed by atoms with Crippen LogP contribution in [0.1, 0.15) is 19.4 Å². The van der Waals surface area contributed by atoms with Crippen molar-refractivity contribution in [3.63, 3.8) is 0 Å². The quantitative estimate of drug-likeness (QED) is 0.448. The molecule has 0 spiro atoms. The second-order valence-electron chi connectivity index (χ2n) is 7.80. The second kappa shape index (κ2) is 10.3. The Labute approximate surface area is 196 Å². The van der Waals surface area contributed by atoms with E-state index >= 15 is 0 Å². The fraction of sp³-hybridized carbons (Fsp3) is 0.375. The maximum absolute atomic E-state index is 13.0. The summed E-state index contributed by atoms with van der Waals surface area (Å²) in [6.45, 7) is 2.76. The Morgan fingerprint density at radius 3 is 2.30 bits per heavy atom. The lowest BCUT2D eigenvalue weighted by molar-refractivity contribution is -0.196. The SMILES string of the molecule is CC(=O)OC[C@H]1O[C@@H](Sc2ccccc2)[C@H]2[C@@H](OC(=O)N2Cc2ccccc2)[C@@H]1OC(C)=O. The van der Waals surface area contributed by atoms with Crippen LogP contribution in [0.3, 0.4) is 0 Å². The highest BCUT2D eigenvalue weighted by molar-refractivity contribution is 7.99. The Kier molecular flexibility index (Phi) is 7.20. The zero-order chi connectivity index (χ0) is 23.4. The number of ether oxygens (including phenoxy) is 4. The molecule has 0 aromatic heterocycles. The molecule has 2 aliphatic heterocycles. The topological polar surface area (TPSA) is 91.4 Å². The molecule has 0 unspecified atom stereocenters. The Balaban J connectivity index is 1.67. The maximum Gasteiger partial charge on any atom is 0.411 e. The molecule has 0 N–H and O–H groups in total. The van der Waals surface area contributed by atoms with Crippen molar-refractivity contribution in [2.75, 3.05) is 6.61 Å². The number of thioether (sulfide) groups is 1. The summed E-state index contributed by atoms with van der Waals surface area (Å²) in [6.07, 6.45) is -2.99. The van der Waals surface area contributed by atoms with Crippen LogP contribution in [-0.4, -0.2) is 59.3 Å². The van der Waals surface area contributed by atoms with E-state index in [1.54, 1.807) is 4.90 Å². The standard InChI is InChI=1S/C24H25NO7S/c1-15(26)29-14-19-21(30-16(2)27)22-20(23(31-19)33-18-11-7-4-8-12-18)25(24(28)32-22)13-17-9-5-3-6-10-17/h3-12,19-23H,13-14H2,1-2H3/t19-,20-,21-,22-,23+/m1/s1. The number of carbonyl (C=O) groups is 3. The van der Waals surface area contributed by atoms with Gasteiger partial charge in [0.1, 0.15) is 24.2 Å². The van der Waals surface area contributed by atoms with Crippen molar-refractivity contribution >= 4 is 29.8 Å². The number of esters is 2. The van der Waals surface area contributed by atoms with E-state index in [-0.39, 0.29) is 6.61 Å². The van der Waals surface area contributed by atoms with Crippen molar-refractivity contribution in [3.8, 4) is 0 Å². The van der Waals surface area contributed by atoms with Gasteiger partial charge in [-0.2, -0.15) is 0 Å². The van der Waals surface area contributed by atoms with Crippen LogP contribution in [-0.2, 0) is 35.1 Å². The van der Waals surface area contributed by atoms with Crippen molar-refractivity contribution in [1.29, 1.82) is 0 Å². The van der Waals surface area contributed by atoms with Gasteiger partial charge in [0, 0.05) is 25.3 Å². The lowest BCUT2D eigenvalue weighted by Gasteiger charge is -2.43. The molecule has 33 heavy (non-hydrogen) atoms. The summed E-state index contributed by atoms with van der Waals surface area (Å²) in [5, 5.41) is 0. The zero-order valence-corrected chi connectivity index (χ0v) is 19.1. The first-order valence-corrected chi connectivity index (χ1v) is 11.5. The average molecular weight is 472 g/mol. The molecule has 9 heteroatoms. The lowest BCUT2D eigenvalue weighted by atomic mass is 9.97. The molecule has 0 aliphatic carbocycles. The third kappa shape index (κ3) is 5.48. The highest BCUT2D eigenvalue weighted by Crippen LogP contribution is 2.41. The first kappa shape index (κ1) is 23.1. The van der Waals surface area contributed by atoms with Crippen LogP contribution < -0.4 is 0 Å². The number of hydrogen-bond acceptors (Lipinski definition) is 8.